The topological polar surface area (TPSA) is 92.3 Å². The molecule has 1 aromatic heterocycles. The normalized spacial score (nSPS) is 13.5. The van der Waals surface area contributed by atoms with Gasteiger partial charge in [0.05, 0.1) is 17.7 Å². The van der Waals surface area contributed by atoms with E-state index in [1.165, 1.54) is 0 Å². The minimum absolute atomic E-state index is 0.0457. The molecule has 3 amide bonds. The zero-order valence-corrected chi connectivity index (χ0v) is 14.1. The molecule has 1 aliphatic heterocycles. The summed E-state index contributed by atoms with van der Waals surface area (Å²) in [6.07, 6.45) is 0.396. The van der Waals surface area contributed by atoms with Gasteiger partial charge in [-0.25, -0.2) is 0 Å². The first-order valence-corrected chi connectivity index (χ1v) is 8.35. The Bertz CT molecular complexity index is 780. The Kier molecular flexibility index (Phi) is 4.39. The Morgan fingerprint density at radius 1 is 1.17 bits per heavy atom. The molecule has 24 heavy (non-hydrogen) atoms. The number of nitrogens with one attached hydrogen (secondary N) is 1. The molecule has 1 aromatic carbocycles. The summed E-state index contributed by atoms with van der Waals surface area (Å²) < 4.78 is 0. The Balaban J connectivity index is 1.69. The van der Waals surface area contributed by atoms with E-state index in [9.17, 15) is 14.4 Å². The molecule has 7 nitrogen and oxygen atoms in total. The number of imide groups is 1. The van der Waals surface area contributed by atoms with Gasteiger partial charge in [0.15, 0.2) is 0 Å². The maximum atomic E-state index is 12.3. The molecule has 0 radical (unpaired) electrons. The number of amides is 3. The van der Waals surface area contributed by atoms with Crippen molar-refractivity contribution in [2.24, 2.45) is 5.92 Å². The fourth-order valence-corrected chi connectivity index (χ4v) is 3.17. The summed E-state index contributed by atoms with van der Waals surface area (Å²) in [6, 6.07) is 6.71. The SMILES string of the molecule is CC(C)CC(=O)Nc1nnc(CN2C(=O)c3ccccc3C2=O)s1. The lowest BCUT2D eigenvalue weighted by molar-refractivity contribution is -0.116. The van der Waals surface area contributed by atoms with Gasteiger partial charge in [0.2, 0.25) is 11.0 Å². The van der Waals surface area contributed by atoms with Crippen molar-refractivity contribution in [3.05, 3.63) is 40.4 Å². The second-order valence-corrected chi connectivity index (χ2v) is 6.95. The minimum Gasteiger partial charge on any atom is -0.301 e. The molecular formula is C16H16N4O3S. The van der Waals surface area contributed by atoms with Crippen LogP contribution in [0.15, 0.2) is 24.3 Å². The Hall–Kier alpha value is -2.61. The molecule has 1 aliphatic rings. The van der Waals surface area contributed by atoms with Crippen molar-refractivity contribution >= 4 is 34.2 Å². The van der Waals surface area contributed by atoms with Gasteiger partial charge in [-0.05, 0) is 18.1 Å². The number of carbonyl (C=O) groups is 3. The fraction of sp³-hybridized carbons (Fsp3) is 0.312. The summed E-state index contributed by atoms with van der Waals surface area (Å²) in [5.74, 6) is -0.559. The van der Waals surface area contributed by atoms with Crippen LogP contribution in [0, 0.1) is 5.92 Å². The highest BCUT2D eigenvalue weighted by molar-refractivity contribution is 7.15. The molecule has 1 N–H and O–H groups in total. The molecule has 0 bridgehead atoms. The van der Waals surface area contributed by atoms with Crippen molar-refractivity contribution in [1.82, 2.24) is 15.1 Å². The van der Waals surface area contributed by atoms with E-state index in [4.69, 9.17) is 0 Å². The van der Waals surface area contributed by atoms with Crippen LogP contribution in [-0.4, -0.2) is 32.8 Å². The van der Waals surface area contributed by atoms with E-state index in [0.29, 0.717) is 27.7 Å². The number of fused-ring (bicyclic) bond motifs is 1. The van der Waals surface area contributed by atoms with Crippen molar-refractivity contribution < 1.29 is 14.4 Å². The van der Waals surface area contributed by atoms with E-state index in [1.54, 1.807) is 24.3 Å². The van der Waals surface area contributed by atoms with Crippen molar-refractivity contribution in [1.29, 1.82) is 0 Å². The highest BCUT2D eigenvalue weighted by Gasteiger charge is 2.35. The molecule has 0 atom stereocenters. The van der Waals surface area contributed by atoms with Crippen LogP contribution >= 0.6 is 11.3 Å². The molecular weight excluding hydrogens is 328 g/mol. The summed E-state index contributed by atoms with van der Waals surface area (Å²) >= 11 is 1.16. The number of carbonyl (C=O) groups excluding carboxylic acids is 3. The zero-order chi connectivity index (χ0) is 17.3. The Morgan fingerprint density at radius 3 is 2.38 bits per heavy atom. The average molecular weight is 344 g/mol. The van der Waals surface area contributed by atoms with Crippen molar-refractivity contribution in [2.45, 2.75) is 26.8 Å². The Morgan fingerprint density at radius 2 is 1.79 bits per heavy atom. The molecule has 0 saturated heterocycles. The van der Waals surface area contributed by atoms with Gasteiger partial charge in [0, 0.05) is 6.42 Å². The summed E-state index contributed by atoms with van der Waals surface area (Å²) in [4.78, 5) is 37.5. The quantitative estimate of drug-likeness (QED) is 0.840. The molecule has 2 aromatic rings. The maximum absolute atomic E-state index is 12.3. The lowest BCUT2D eigenvalue weighted by Gasteiger charge is -2.10. The van der Waals surface area contributed by atoms with E-state index in [-0.39, 0.29) is 30.2 Å². The van der Waals surface area contributed by atoms with Crippen LogP contribution in [0.4, 0.5) is 5.13 Å². The smallest absolute Gasteiger partial charge is 0.261 e. The van der Waals surface area contributed by atoms with Crippen LogP contribution in [0.3, 0.4) is 0 Å². The molecule has 8 heteroatoms. The first-order valence-electron chi connectivity index (χ1n) is 7.53. The molecule has 0 unspecified atom stereocenters. The first kappa shape index (κ1) is 16.3. The van der Waals surface area contributed by atoms with Gasteiger partial charge in [-0.15, -0.1) is 10.2 Å². The van der Waals surface area contributed by atoms with Gasteiger partial charge >= 0.3 is 0 Å². The average Bonchev–Trinajstić information content (AvgIpc) is 3.06. The first-order chi connectivity index (χ1) is 11.5. The molecule has 0 saturated carbocycles. The predicted molar refractivity (Wildman–Crippen MR) is 88.6 cm³/mol. The minimum atomic E-state index is -0.337. The Labute approximate surface area is 142 Å². The lowest BCUT2D eigenvalue weighted by atomic mass is 10.1. The van der Waals surface area contributed by atoms with Crippen LogP contribution in [0.2, 0.25) is 0 Å². The highest BCUT2D eigenvalue weighted by Crippen LogP contribution is 2.26. The number of nitrogens with zero attached hydrogens (tertiary/aromatic N) is 3. The molecule has 0 spiro atoms. The molecule has 3 rings (SSSR count). The maximum Gasteiger partial charge on any atom is 0.261 e. The third-order valence-electron chi connectivity index (χ3n) is 3.48. The van der Waals surface area contributed by atoms with E-state index < -0.39 is 0 Å². The number of anilines is 1. The predicted octanol–water partition coefficient (Wildman–Crippen LogP) is 2.32. The second kappa shape index (κ2) is 6.48. The number of aromatic nitrogens is 2. The summed E-state index contributed by atoms with van der Waals surface area (Å²) in [6.45, 7) is 3.95. The molecule has 2 heterocycles. The van der Waals surface area contributed by atoms with Gasteiger partial charge in [0.1, 0.15) is 5.01 Å². The van der Waals surface area contributed by atoms with Crippen LogP contribution in [0.25, 0.3) is 0 Å². The van der Waals surface area contributed by atoms with Crippen molar-refractivity contribution in [3.63, 3.8) is 0 Å². The lowest BCUT2D eigenvalue weighted by Crippen LogP contribution is -2.29. The van der Waals surface area contributed by atoms with E-state index in [2.05, 4.69) is 15.5 Å². The van der Waals surface area contributed by atoms with Gasteiger partial charge in [-0.3, -0.25) is 19.3 Å². The summed E-state index contributed by atoms with van der Waals surface area (Å²) in [5, 5.41) is 11.4. The number of hydrogen-bond donors (Lipinski definition) is 1. The van der Waals surface area contributed by atoms with Crippen LogP contribution < -0.4 is 5.32 Å². The number of benzene rings is 1. The van der Waals surface area contributed by atoms with Crippen LogP contribution in [-0.2, 0) is 11.3 Å². The largest absolute Gasteiger partial charge is 0.301 e. The molecule has 0 aliphatic carbocycles. The molecule has 124 valence electrons. The molecule has 0 fully saturated rings. The van der Waals surface area contributed by atoms with Crippen molar-refractivity contribution in [2.75, 3.05) is 5.32 Å². The van der Waals surface area contributed by atoms with Gasteiger partial charge in [-0.1, -0.05) is 37.3 Å². The number of hydrogen-bond acceptors (Lipinski definition) is 6. The van der Waals surface area contributed by atoms with Gasteiger partial charge in [-0.2, -0.15) is 0 Å². The summed E-state index contributed by atoms with van der Waals surface area (Å²) in [7, 11) is 0. The standard InChI is InChI=1S/C16H16N4O3S/c1-9(2)7-12(21)17-16-19-18-13(24-16)8-20-14(22)10-5-3-4-6-11(10)15(20)23/h3-6,9H,7-8H2,1-2H3,(H,17,19,21). The highest BCUT2D eigenvalue weighted by atomic mass is 32.1. The third kappa shape index (κ3) is 3.18. The van der Waals surface area contributed by atoms with E-state index in [1.807, 2.05) is 13.8 Å². The fourth-order valence-electron chi connectivity index (χ4n) is 2.43. The van der Waals surface area contributed by atoms with Gasteiger partial charge < -0.3 is 5.32 Å². The van der Waals surface area contributed by atoms with E-state index >= 15 is 0 Å². The van der Waals surface area contributed by atoms with E-state index in [0.717, 1.165) is 16.2 Å². The van der Waals surface area contributed by atoms with Gasteiger partial charge in [0.25, 0.3) is 11.8 Å². The number of rotatable bonds is 5. The van der Waals surface area contributed by atoms with Crippen LogP contribution in [0.1, 0.15) is 46.0 Å². The summed E-state index contributed by atoms with van der Waals surface area (Å²) in [5.41, 5.74) is 0.801. The zero-order valence-electron chi connectivity index (χ0n) is 13.3. The monoisotopic (exact) mass is 344 g/mol. The van der Waals surface area contributed by atoms with Crippen molar-refractivity contribution in [3.8, 4) is 0 Å². The third-order valence-corrected chi connectivity index (χ3v) is 4.30. The second-order valence-electron chi connectivity index (χ2n) is 5.89. The van der Waals surface area contributed by atoms with Crippen LogP contribution in [0.5, 0.6) is 0 Å².